The molecule has 0 unspecified atom stereocenters. The lowest BCUT2D eigenvalue weighted by Gasteiger charge is -2.06. The van der Waals surface area contributed by atoms with E-state index < -0.39 is 0 Å². The number of hydrogen-bond acceptors (Lipinski definition) is 1. The highest BCUT2D eigenvalue weighted by Gasteiger charge is 2.07. The molecule has 0 spiro atoms. The molecule has 2 rings (SSSR count). The lowest BCUT2D eigenvalue weighted by atomic mass is 10.1. The second-order valence-electron chi connectivity index (χ2n) is 3.97. The van der Waals surface area contributed by atoms with Gasteiger partial charge >= 0.3 is 0 Å². The first kappa shape index (κ1) is 10.8. The lowest BCUT2D eigenvalue weighted by molar-refractivity contribution is 0.621. The molecule has 0 amide bonds. The Morgan fingerprint density at radius 3 is 2.81 bits per heavy atom. The summed E-state index contributed by atoms with van der Waals surface area (Å²) in [4.78, 5) is 4.17. The van der Waals surface area contributed by atoms with Crippen LogP contribution in [0.5, 0.6) is 0 Å². The summed E-state index contributed by atoms with van der Waals surface area (Å²) in [5, 5.41) is 0.829. The number of aryl methyl sites for hydroxylation is 1. The maximum atomic E-state index is 13.9. The van der Waals surface area contributed by atoms with Crippen molar-refractivity contribution in [3.63, 3.8) is 0 Å². The Bertz CT molecular complexity index is 558. The van der Waals surface area contributed by atoms with E-state index in [4.69, 9.17) is 0 Å². The number of nitrogens with zero attached hydrogens (tertiary/aromatic N) is 1. The SMILES string of the molecule is C=C(C)c1cnc2c(F)c(CC)ccc2c1. The first-order valence-electron chi connectivity index (χ1n) is 5.36. The first-order valence-corrected chi connectivity index (χ1v) is 5.36. The number of fused-ring (bicyclic) bond motifs is 1. The van der Waals surface area contributed by atoms with E-state index >= 15 is 0 Å². The number of pyridine rings is 1. The largest absolute Gasteiger partial charge is 0.253 e. The van der Waals surface area contributed by atoms with Gasteiger partial charge < -0.3 is 0 Å². The average Bonchev–Trinajstić information content (AvgIpc) is 2.29. The van der Waals surface area contributed by atoms with Crippen molar-refractivity contribution in [2.45, 2.75) is 20.3 Å². The molecule has 0 aliphatic carbocycles. The monoisotopic (exact) mass is 215 g/mol. The molecule has 0 bridgehead atoms. The Labute approximate surface area is 94.6 Å². The highest BCUT2D eigenvalue weighted by atomic mass is 19.1. The van der Waals surface area contributed by atoms with Gasteiger partial charge in [-0.1, -0.05) is 25.6 Å². The summed E-state index contributed by atoms with van der Waals surface area (Å²) in [7, 11) is 0. The summed E-state index contributed by atoms with van der Waals surface area (Å²) in [6, 6.07) is 5.66. The van der Waals surface area contributed by atoms with Crippen molar-refractivity contribution < 1.29 is 4.39 Å². The van der Waals surface area contributed by atoms with Crippen LogP contribution < -0.4 is 0 Å². The molecule has 0 radical (unpaired) electrons. The maximum absolute atomic E-state index is 13.9. The number of halogens is 1. The summed E-state index contributed by atoms with van der Waals surface area (Å²) >= 11 is 0. The molecule has 0 fully saturated rings. The number of aromatic nitrogens is 1. The van der Waals surface area contributed by atoms with Crippen LogP contribution in [0, 0.1) is 5.82 Å². The van der Waals surface area contributed by atoms with Crippen molar-refractivity contribution in [2.24, 2.45) is 0 Å². The van der Waals surface area contributed by atoms with Crippen LogP contribution in [0.1, 0.15) is 25.0 Å². The van der Waals surface area contributed by atoms with Gasteiger partial charge in [-0.05, 0) is 36.1 Å². The van der Waals surface area contributed by atoms with Crippen molar-refractivity contribution >= 4 is 16.5 Å². The van der Waals surface area contributed by atoms with Gasteiger partial charge in [-0.3, -0.25) is 4.98 Å². The molecule has 0 saturated heterocycles. The minimum Gasteiger partial charge on any atom is -0.253 e. The number of allylic oxidation sites excluding steroid dienone is 1. The molecule has 1 heterocycles. The van der Waals surface area contributed by atoms with Crippen LogP contribution in [0.4, 0.5) is 4.39 Å². The van der Waals surface area contributed by atoms with E-state index in [1.165, 1.54) is 0 Å². The van der Waals surface area contributed by atoms with E-state index in [0.29, 0.717) is 17.5 Å². The Kier molecular flexibility index (Phi) is 2.73. The zero-order valence-corrected chi connectivity index (χ0v) is 9.55. The van der Waals surface area contributed by atoms with E-state index in [1.54, 1.807) is 6.20 Å². The number of hydrogen-bond donors (Lipinski definition) is 0. The highest BCUT2D eigenvalue weighted by molar-refractivity contribution is 5.83. The van der Waals surface area contributed by atoms with Crippen molar-refractivity contribution in [1.82, 2.24) is 4.98 Å². The maximum Gasteiger partial charge on any atom is 0.152 e. The quantitative estimate of drug-likeness (QED) is 0.738. The Morgan fingerprint density at radius 1 is 1.44 bits per heavy atom. The van der Waals surface area contributed by atoms with Crippen molar-refractivity contribution in [3.8, 4) is 0 Å². The molecule has 0 atom stereocenters. The van der Waals surface area contributed by atoms with Crippen LogP contribution in [-0.4, -0.2) is 4.98 Å². The topological polar surface area (TPSA) is 12.9 Å². The standard InChI is InChI=1S/C14H14FN/c1-4-10-5-6-11-7-12(9(2)3)8-16-14(11)13(10)15/h5-8H,2,4H2,1,3H3. The second-order valence-corrected chi connectivity index (χ2v) is 3.97. The zero-order chi connectivity index (χ0) is 11.7. The van der Waals surface area contributed by atoms with Crippen LogP contribution in [0.15, 0.2) is 31.0 Å². The van der Waals surface area contributed by atoms with Crippen molar-refractivity contribution in [1.29, 1.82) is 0 Å². The average molecular weight is 215 g/mol. The predicted molar refractivity (Wildman–Crippen MR) is 65.8 cm³/mol. The Hall–Kier alpha value is -1.70. The van der Waals surface area contributed by atoms with Crippen LogP contribution in [0.2, 0.25) is 0 Å². The van der Waals surface area contributed by atoms with Gasteiger partial charge in [0, 0.05) is 11.6 Å². The first-order chi connectivity index (χ1) is 7.63. The Morgan fingerprint density at radius 2 is 2.19 bits per heavy atom. The smallest absolute Gasteiger partial charge is 0.152 e. The molecule has 2 aromatic rings. The molecule has 1 aromatic carbocycles. The fourth-order valence-electron chi connectivity index (χ4n) is 1.71. The van der Waals surface area contributed by atoms with Crippen molar-refractivity contribution in [3.05, 3.63) is 47.9 Å². The van der Waals surface area contributed by atoms with E-state index in [2.05, 4.69) is 11.6 Å². The van der Waals surface area contributed by atoms with E-state index in [9.17, 15) is 4.39 Å². The minimum atomic E-state index is -0.201. The number of benzene rings is 1. The van der Waals surface area contributed by atoms with Gasteiger partial charge in [-0.15, -0.1) is 0 Å². The summed E-state index contributed by atoms with van der Waals surface area (Å²) < 4.78 is 13.9. The highest BCUT2D eigenvalue weighted by Crippen LogP contribution is 2.22. The summed E-state index contributed by atoms with van der Waals surface area (Å²) in [5.41, 5.74) is 3.05. The summed E-state index contributed by atoms with van der Waals surface area (Å²) in [6.07, 6.45) is 2.36. The fourth-order valence-corrected chi connectivity index (χ4v) is 1.71. The number of rotatable bonds is 2. The molecule has 0 aliphatic rings. The second kappa shape index (κ2) is 4.05. The molecule has 16 heavy (non-hydrogen) atoms. The molecule has 82 valence electrons. The molecule has 0 saturated carbocycles. The van der Waals surface area contributed by atoms with E-state index in [-0.39, 0.29) is 5.82 Å². The van der Waals surface area contributed by atoms with Crippen molar-refractivity contribution in [2.75, 3.05) is 0 Å². The van der Waals surface area contributed by atoms with Gasteiger partial charge in [0.05, 0.1) is 0 Å². The molecular weight excluding hydrogens is 201 g/mol. The zero-order valence-electron chi connectivity index (χ0n) is 9.55. The Balaban J connectivity index is 2.69. The van der Waals surface area contributed by atoms with E-state index in [0.717, 1.165) is 16.5 Å². The lowest BCUT2D eigenvalue weighted by Crippen LogP contribution is -1.92. The molecule has 2 heteroatoms. The van der Waals surface area contributed by atoms with Gasteiger partial charge in [0.1, 0.15) is 5.52 Å². The van der Waals surface area contributed by atoms with Crippen LogP contribution in [0.3, 0.4) is 0 Å². The van der Waals surface area contributed by atoms with Crippen LogP contribution in [-0.2, 0) is 6.42 Å². The van der Waals surface area contributed by atoms with Crippen LogP contribution >= 0.6 is 0 Å². The van der Waals surface area contributed by atoms with Gasteiger partial charge in [-0.25, -0.2) is 4.39 Å². The molecular formula is C14H14FN. The van der Waals surface area contributed by atoms with Gasteiger partial charge in [0.25, 0.3) is 0 Å². The van der Waals surface area contributed by atoms with E-state index in [1.807, 2.05) is 32.0 Å². The minimum absolute atomic E-state index is 0.201. The van der Waals surface area contributed by atoms with Gasteiger partial charge in [0.15, 0.2) is 5.82 Å². The van der Waals surface area contributed by atoms with Crippen LogP contribution in [0.25, 0.3) is 16.5 Å². The molecule has 0 N–H and O–H groups in total. The fraction of sp³-hybridized carbons (Fsp3) is 0.214. The normalized spacial score (nSPS) is 10.7. The summed E-state index contributed by atoms with van der Waals surface area (Å²) in [6.45, 7) is 7.71. The third-order valence-electron chi connectivity index (χ3n) is 2.74. The third-order valence-corrected chi connectivity index (χ3v) is 2.74. The van der Waals surface area contributed by atoms with Gasteiger partial charge in [0.2, 0.25) is 0 Å². The third kappa shape index (κ3) is 1.71. The molecule has 1 aromatic heterocycles. The predicted octanol–water partition coefficient (Wildman–Crippen LogP) is 3.97. The molecule has 0 aliphatic heterocycles. The molecule has 1 nitrogen and oxygen atoms in total. The summed E-state index contributed by atoms with van der Waals surface area (Å²) in [5.74, 6) is -0.201. The van der Waals surface area contributed by atoms with Gasteiger partial charge in [-0.2, -0.15) is 0 Å².